The number of rotatable bonds is 5. The smallest absolute Gasteiger partial charge is 0.235 e. The third-order valence-electron chi connectivity index (χ3n) is 3.31. The molecule has 1 aliphatic rings. The van der Waals surface area contributed by atoms with Crippen LogP contribution in [0.1, 0.15) is 32.4 Å². The molecule has 0 radical (unpaired) electrons. The molecule has 5 heteroatoms. The van der Waals surface area contributed by atoms with Gasteiger partial charge in [0.05, 0.1) is 23.2 Å². The van der Waals surface area contributed by atoms with E-state index in [1.165, 1.54) is 0 Å². The second-order valence-electron chi connectivity index (χ2n) is 5.23. The van der Waals surface area contributed by atoms with Crippen molar-refractivity contribution in [2.24, 2.45) is 11.1 Å². The van der Waals surface area contributed by atoms with Crippen molar-refractivity contribution in [2.75, 3.05) is 0 Å². The summed E-state index contributed by atoms with van der Waals surface area (Å²) in [4.78, 5) is 14.6. The molecule has 0 atom stereocenters. The third-order valence-corrected chi connectivity index (χ3v) is 3.82. The van der Waals surface area contributed by atoms with Gasteiger partial charge < -0.3 is 15.1 Å². The number of nitrogens with two attached hydrogens (primary N) is 1. The van der Waals surface area contributed by atoms with Gasteiger partial charge in [-0.3, -0.25) is 4.79 Å². The van der Waals surface area contributed by atoms with E-state index in [0.29, 0.717) is 12.6 Å². The van der Waals surface area contributed by atoms with E-state index in [4.69, 9.17) is 22.4 Å². The van der Waals surface area contributed by atoms with Crippen LogP contribution in [0.2, 0.25) is 0 Å². The lowest BCUT2D eigenvalue weighted by atomic mass is 9.91. The summed E-state index contributed by atoms with van der Waals surface area (Å²) in [6, 6.07) is 4.00. The highest BCUT2D eigenvalue weighted by atomic mass is 32.1. The predicted molar refractivity (Wildman–Crippen MR) is 72.8 cm³/mol. The fraction of sp³-hybridized carbons (Fsp3) is 0.538. The maximum absolute atomic E-state index is 12.5. The van der Waals surface area contributed by atoms with E-state index < -0.39 is 5.41 Å². The van der Waals surface area contributed by atoms with Crippen LogP contribution in [0.15, 0.2) is 22.8 Å². The van der Waals surface area contributed by atoms with Gasteiger partial charge in [0.1, 0.15) is 5.76 Å². The standard InChI is InChI=1S/C13H18N2O2S/c1-13(2,11(14)18)12(16)15(9-5-6-9)8-10-4-3-7-17-10/h3-4,7,9H,5-6,8H2,1-2H3,(H2,14,18). The third kappa shape index (κ3) is 2.56. The number of carbonyl (C=O) groups excluding carboxylic acids is 1. The molecule has 1 fully saturated rings. The molecule has 1 aromatic rings. The van der Waals surface area contributed by atoms with E-state index in [1.807, 2.05) is 17.0 Å². The van der Waals surface area contributed by atoms with Crippen molar-refractivity contribution in [1.29, 1.82) is 0 Å². The Kier molecular flexibility index (Phi) is 3.43. The van der Waals surface area contributed by atoms with Crippen LogP contribution in [-0.2, 0) is 11.3 Å². The second-order valence-corrected chi connectivity index (χ2v) is 5.67. The lowest BCUT2D eigenvalue weighted by Gasteiger charge is -2.30. The van der Waals surface area contributed by atoms with Crippen molar-refractivity contribution >= 4 is 23.1 Å². The van der Waals surface area contributed by atoms with Gasteiger partial charge in [0.25, 0.3) is 0 Å². The predicted octanol–water partition coefficient (Wildman–Crippen LogP) is 2.08. The van der Waals surface area contributed by atoms with E-state index in [9.17, 15) is 4.79 Å². The Morgan fingerprint density at radius 2 is 2.28 bits per heavy atom. The molecule has 0 aliphatic heterocycles. The Balaban J connectivity index is 2.15. The molecule has 2 N–H and O–H groups in total. The molecule has 0 unspecified atom stereocenters. The maximum atomic E-state index is 12.5. The number of carbonyl (C=O) groups is 1. The van der Waals surface area contributed by atoms with E-state index in [0.717, 1.165) is 18.6 Å². The largest absolute Gasteiger partial charge is 0.467 e. The van der Waals surface area contributed by atoms with Crippen LogP contribution >= 0.6 is 12.2 Å². The molecule has 1 amide bonds. The molecule has 1 heterocycles. The van der Waals surface area contributed by atoms with Gasteiger partial charge in [0.2, 0.25) is 5.91 Å². The number of furan rings is 1. The lowest BCUT2D eigenvalue weighted by molar-refractivity contribution is -0.138. The van der Waals surface area contributed by atoms with Crippen LogP contribution in [-0.4, -0.2) is 21.8 Å². The fourth-order valence-electron chi connectivity index (χ4n) is 1.79. The van der Waals surface area contributed by atoms with Gasteiger partial charge in [-0.15, -0.1) is 0 Å². The van der Waals surface area contributed by atoms with Crippen LogP contribution in [0.3, 0.4) is 0 Å². The molecule has 1 aliphatic carbocycles. The van der Waals surface area contributed by atoms with Gasteiger partial charge in [-0.05, 0) is 38.8 Å². The van der Waals surface area contributed by atoms with Crippen LogP contribution in [0.5, 0.6) is 0 Å². The summed E-state index contributed by atoms with van der Waals surface area (Å²) in [5.74, 6) is 0.767. The van der Waals surface area contributed by atoms with Crippen molar-refractivity contribution in [3.63, 3.8) is 0 Å². The van der Waals surface area contributed by atoms with Crippen LogP contribution < -0.4 is 5.73 Å². The summed E-state index contributed by atoms with van der Waals surface area (Å²) in [7, 11) is 0. The summed E-state index contributed by atoms with van der Waals surface area (Å²) < 4.78 is 5.31. The molecule has 0 aromatic carbocycles. The van der Waals surface area contributed by atoms with E-state index in [2.05, 4.69) is 0 Å². The zero-order valence-electron chi connectivity index (χ0n) is 10.7. The number of thiocarbonyl (C=S) groups is 1. The average Bonchev–Trinajstić information content (AvgIpc) is 3.02. The van der Waals surface area contributed by atoms with Gasteiger partial charge in [0.15, 0.2) is 0 Å². The highest BCUT2D eigenvalue weighted by Crippen LogP contribution is 2.32. The van der Waals surface area contributed by atoms with Crippen molar-refractivity contribution in [2.45, 2.75) is 39.3 Å². The molecule has 0 saturated heterocycles. The Labute approximate surface area is 112 Å². The van der Waals surface area contributed by atoms with Crippen LogP contribution in [0.25, 0.3) is 0 Å². The minimum atomic E-state index is -0.801. The highest BCUT2D eigenvalue weighted by Gasteiger charge is 2.41. The van der Waals surface area contributed by atoms with Gasteiger partial charge in [0, 0.05) is 6.04 Å². The van der Waals surface area contributed by atoms with Crippen molar-refractivity contribution in [3.05, 3.63) is 24.2 Å². The van der Waals surface area contributed by atoms with Crippen molar-refractivity contribution in [1.82, 2.24) is 4.90 Å². The first-order valence-electron chi connectivity index (χ1n) is 6.06. The molecular weight excluding hydrogens is 248 g/mol. The molecule has 4 nitrogen and oxygen atoms in total. The number of hydrogen-bond donors (Lipinski definition) is 1. The van der Waals surface area contributed by atoms with Gasteiger partial charge in [-0.2, -0.15) is 0 Å². The monoisotopic (exact) mass is 266 g/mol. The Morgan fingerprint density at radius 3 is 2.72 bits per heavy atom. The number of nitrogens with zero attached hydrogens (tertiary/aromatic N) is 1. The molecule has 2 rings (SSSR count). The molecular formula is C13H18N2O2S. The number of hydrogen-bond acceptors (Lipinski definition) is 3. The number of amides is 1. The summed E-state index contributed by atoms with van der Waals surface area (Å²) in [6.07, 6.45) is 3.70. The molecule has 0 bridgehead atoms. The SMILES string of the molecule is CC(C)(C(=O)N(Cc1ccco1)C1CC1)C(N)=S. The Bertz CT molecular complexity index is 450. The minimum absolute atomic E-state index is 0.0195. The first-order chi connectivity index (χ1) is 8.43. The normalized spacial score (nSPS) is 15.4. The second kappa shape index (κ2) is 4.72. The van der Waals surface area contributed by atoms with Gasteiger partial charge in [-0.1, -0.05) is 12.2 Å². The Morgan fingerprint density at radius 1 is 1.61 bits per heavy atom. The molecule has 98 valence electrons. The van der Waals surface area contributed by atoms with E-state index >= 15 is 0 Å². The van der Waals surface area contributed by atoms with Gasteiger partial charge in [-0.25, -0.2) is 0 Å². The topological polar surface area (TPSA) is 59.5 Å². The Hall–Kier alpha value is -1.36. The van der Waals surface area contributed by atoms with E-state index in [1.54, 1.807) is 20.1 Å². The molecule has 18 heavy (non-hydrogen) atoms. The molecule has 1 aromatic heterocycles. The van der Waals surface area contributed by atoms with Crippen LogP contribution in [0, 0.1) is 5.41 Å². The zero-order valence-corrected chi connectivity index (χ0v) is 11.5. The fourth-order valence-corrected chi connectivity index (χ4v) is 1.88. The highest BCUT2D eigenvalue weighted by molar-refractivity contribution is 7.80. The minimum Gasteiger partial charge on any atom is -0.467 e. The van der Waals surface area contributed by atoms with Crippen molar-refractivity contribution in [3.8, 4) is 0 Å². The molecule has 0 spiro atoms. The summed E-state index contributed by atoms with van der Waals surface area (Å²) in [5, 5.41) is 0. The summed E-state index contributed by atoms with van der Waals surface area (Å²) in [6.45, 7) is 4.03. The lowest BCUT2D eigenvalue weighted by Crippen LogP contribution is -2.47. The maximum Gasteiger partial charge on any atom is 0.235 e. The van der Waals surface area contributed by atoms with E-state index in [-0.39, 0.29) is 10.9 Å². The van der Waals surface area contributed by atoms with Crippen molar-refractivity contribution < 1.29 is 9.21 Å². The first kappa shape index (κ1) is 13.1. The summed E-state index contributed by atoms with van der Waals surface area (Å²) in [5.41, 5.74) is 4.86. The zero-order chi connectivity index (χ0) is 13.3. The average molecular weight is 266 g/mol. The van der Waals surface area contributed by atoms with Gasteiger partial charge >= 0.3 is 0 Å². The quantitative estimate of drug-likeness (QED) is 0.829. The summed E-state index contributed by atoms with van der Waals surface area (Å²) >= 11 is 4.99. The first-order valence-corrected chi connectivity index (χ1v) is 6.47. The van der Waals surface area contributed by atoms with Crippen LogP contribution in [0.4, 0.5) is 0 Å². The molecule has 1 saturated carbocycles.